The van der Waals surface area contributed by atoms with E-state index in [1.54, 1.807) is 20.3 Å². The first kappa shape index (κ1) is 25.9. The number of ether oxygens (including phenoxy) is 2. The molecule has 39 heavy (non-hydrogen) atoms. The van der Waals surface area contributed by atoms with E-state index < -0.39 is 5.56 Å². The lowest BCUT2D eigenvalue weighted by atomic mass is 9.97. The minimum Gasteiger partial charge on any atom is -0.493 e. The summed E-state index contributed by atoms with van der Waals surface area (Å²) >= 11 is 0. The monoisotopic (exact) mass is 523 g/mol. The number of pyridine rings is 1. The smallest absolute Gasteiger partial charge is 0.273 e. The molecule has 0 saturated carbocycles. The molecule has 10 nitrogen and oxygen atoms in total. The predicted molar refractivity (Wildman–Crippen MR) is 148 cm³/mol. The molecule has 1 saturated heterocycles. The van der Waals surface area contributed by atoms with E-state index in [0.717, 1.165) is 48.7 Å². The van der Waals surface area contributed by atoms with E-state index in [-0.39, 0.29) is 0 Å². The Kier molecular flexibility index (Phi) is 7.25. The lowest BCUT2D eigenvalue weighted by Gasteiger charge is -2.29. The van der Waals surface area contributed by atoms with Gasteiger partial charge in [-0.3, -0.25) is 14.2 Å². The molecule has 0 amide bonds. The summed E-state index contributed by atoms with van der Waals surface area (Å²) in [5.74, 6) is 1.11. The molecule has 0 bridgehead atoms. The number of fused-ring (bicyclic) bond motifs is 1. The molecule has 0 aliphatic carbocycles. The fraction of sp³-hybridized carbons (Fsp3) is 0.276. The minimum atomic E-state index is -0.404. The van der Waals surface area contributed by atoms with Crippen LogP contribution in [0, 0.1) is 18.3 Å². The van der Waals surface area contributed by atoms with Gasteiger partial charge in [0, 0.05) is 30.4 Å². The number of piperazine rings is 1. The van der Waals surface area contributed by atoms with E-state index in [4.69, 9.17) is 9.47 Å². The van der Waals surface area contributed by atoms with E-state index >= 15 is 0 Å². The van der Waals surface area contributed by atoms with Gasteiger partial charge in [0.15, 0.2) is 17.1 Å². The molecule has 1 aliphatic rings. The molecule has 0 N–H and O–H groups in total. The molecular weight excluding hydrogens is 494 g/mol. The van der Waals surface area contributed by atoms with Crippen molar-refractivity contribution >= 4 is 11.3 Å². The Bertz CT molecular complexity index is 1650. The number of rotatable bonds is 6. The summed E-state index contributed by atoms with van der Waals surface area (Å²) in [4.78, 5) is 18.9. The number of nitriles is 1. The van der Waals surface area contributed by atoms with Gasteiger partial charge in [-0.05, 0) is 55.4 Å². The second kappa shape index (κ2) is 10.9. The molecule has 10 heteroatoms. The second-order valence-electron chi connectivity index (χ2n) is 9.39. The van der Waals surface area contributed by atoms with Crippen LogP contribution in [-0.2, 0) is 0 Å². The maximum absolute atomic E-state index is 12.4. The van der Waals surface area contributed by atoms with Crippen molar-refractivity contribution in [2.45, 2.75) is 6.92 Å². The molecule has 2 aromatic heterocycles. The lowest BCUT2D eigenvalue weighted by molar-refractivity contribution is 0.150. The highest BCUT2D eigenvalue weighted by molar-refractivity contribution is 5.83. The number of benzene rings is 2. The van der Waals surface area contributed by atoms with Gasteiger partial charge in [-0.25, -0.2) is 0 Å². The van der Waals surface area contributed by atoms with Gasteiger partial charge in [0.1, 0.15) is 11.6 Å². The molecule has 5 rings (SSSR count). The van der Waals surface area contributed by atoms with Crippen LogP contribution < -0.4 is 15.0 Å². The van der Waals surface area contributed by atoms with E-state index in [1.807, 2.05) is 58.8 Å². The Balaban J connectivity index is 1.62. The number of aryl methyl sites for hydroxylation is 1. The molecule has 2 aromatic carbocycles. The summed E-state index contributed by atoms with van der Waals surface area (Å²) in [6, 6.07) is 18.8. The first-order chi connectivity index (χ1) is 18.9. The number of likely N-dealkylation sites (N-methyl/N-ethyl adjacent to an activating group) is 1. The van der Waals surface area contributed by atoms with Gasteiger partial charge in [0.2, 0.25) is 0 Å². The molecule has 198 valence electrons. The summed E-state index contributed by atoms with van der Waals surface area (Å²) in [6.45, 7) is 5.44. The lowest BCUT2D eigenvalue weighted by Crippen LogP contribution is -2.41. The third kappa shape index (κ3) is 5.17. The van der Waals surface area contributed by atoms with Crippen molar-refractivity contribution in [1.82, 2.24) is 19.3 Å². The second-order valence-corrected chi connectivity index (χ2v) is 9.39. The fourth-order valence-corrected chi connectivity index (χ4v) is 4.72. The van der Waals surface area contributed by atoms with Crippen molar-refractivity contribution in [3.8, 4) is 40.0 Å². The highest BCUT2D eigenvalue weighted by Crippen LogP contribution is 2.37. The number of nitrogens with zero attached hydrogens (tertiary/aromatic N) is 7. The largest absolute Gasteiger partial charge is 0.493 e. The maximum Gasteiger partial charge on any atom is 0.273 e. The Morgan fingerprint density at radius 3 is 2.28 bits per heavy atom. The number of hydrogen-bond donors (Lipinski definition) is 0. The van der Waals surface area contributed by atoms with Crippen LogP contribution in [0.1, 0.15) is 11.3 Å². The van der Waals surface area contributed by atoms with Crippen LogP contribution >= 0.6 is 0 Å². The van der Waals surface area contributed by atoms with Gasteiger partial charge in [-0.15, -0.1) is 5.11 Å². The zero-order valence-electron chi connectivity index (χ0n) is 22.4. The molecule has 0 radical (unpaired) electrons. The van der Waals surface area contributed by atoms with Crippen LogP contribution in [-0.4, -0.2) is 66.7 Å². The van der Waals surface area contributed by atoms with Gasteiger partial charge in [0.05, 0.1) is 38.7 Å². The first-order valence-electron chi connectivity index (χ1n) is 12.6. The summed E-state index contributed by atoms with van der Waals surface area (Å²) in [6.07, 6.45) is 0. The highest BCUT2D eigenvalue weighted by Gasteiger charge is 2.19. The molecule has 0 atom stereocenters. The fourth-order valence-electron chi connectivity index (χ4n) is 4.72. The average Bonchev–Trinajstić information content (AvgIpc) is 2.95. The van der Waals surface area contributed by atoms with Gasteiger partial charge < -0.3 is 14.4 Å². The van der Waals surface area contributed by atoms with Gasteiger partial charge in [-0.2, -0.15) is 10.2 Å². The first-order valence-corrected chi connectivity index (χ1v) is 12.6. The molecule has 4 aromatic rings. The third-order valence-electron chi connectivity index (χ3n) is 6.86. The van der Waals surface area contributed by atoms with Crippen LogP contribution in [0.25, 0.3) is 28.0 Å². The molecule has 0 spiro atoms. The average molecular weight is 524 g/mol. The van der Waals surface area contributed by atoms with Crippen molar-refractivity contribution in [3.63, 3.8) is 0 Å². The van der Waals surface area contributed by atoms with Crippen LogP contribution in [0.15, 0.2) is 69.7 Å². The van der Waals surface area contributed by atoms with Crippen LogP contribution in [0.2, 0.25) is 0 Å². The molecule has 1 fully saturated rings. The Morgan fingerprint density at radius 1 is 0.923 bits per heavy atom. The summed E-state index contributed by atoms with van der Waals surface area (Å²) in [5, 5.41) is 21.0. The van der Waals surface area contributed by atoms with Crippen molar-refractivity contribution < 1.29 is 9.47 Å². The van der Waals surface area contributed by atoms with E-state index in [9.17, 15) is 10.1 Å². The number of aromatic nitrogens is 2. The molecule has 3 heterocycles. The molecular formula is C29H29N7O3. The van der Waals surface area contributed by atoms with Crippen LogP contribution in [0.3, 0.4) is 0 Å². The van der Waals surface area contributed by atoms with Crippen molar-refractivity contribution in [2.75, 3.05) is 47.4 Å². The predicted octanol–water partition coefficient (Wildman–Crippen LogP) is 4.47. The SMILES string of the molecule is COc1ccc(-c2cc(-c3ccc(N=NN4CCN(C)CC4)cc3)n3c(C)cc(=O)nc3c2C#N)cc1OC. The topological polar surface area (TPSA) is 108 Å². The van der Waals surface area contributed by atoms with Gasteiger partial charge in [-0.1, -0.05) is 23.4 Å². The summed E-state index contributed by atoms with van der Waals surface area (Å²) < 4.78 is 12.7. The normalized spacial score (nSPS) is 14.1. The molecule has 1 aliphatic heterocycles. The van der Waals surface area contributed by atoms with E-state index in [2.05, 4.69) is 33.3 Å². The van der Waals surface area contributed by atoms with Crippen molar-refractivity contribution in [3.05, 3.63) is 76.2 Å². The standard InChI is InChI=1S/C29H29N7O3/c1-19-15-28(37)31-29-24(18-30)23(21-7-10-26(38-3)27(16-21)39-4)17-25(36(19)29)20-5-8-22(9-6-20)32-33-35-13-11-34(2)12-14-35/h5-10,15-17H,11-14H2,1-4H3. The van der Waals surface area contributed by atoms with Gasteiger partial charge in [0.25, 0.3) is 5.56 Å². The number of methoxy groups -OCH3 is 2. The van der Waals surface area contributed by atoms with Crippen molar-refractivity contribution in [2.24, 2.45) is 10.3 Å². The zero-order valence-corrected chi connectivity index (χ0v) is 22.4. The molecule has 0 unspecified atom stereocenters. The van der Waals surface area contributed by atoms with Crippen LogP contribution in [0.5, 0.6) is 11.5 Å². The van der Waals surface area contributed by atoms with Crippen LogP contribution in [0.4, 0.5) is 5.69 Å². The Morgan fingerprint density at radius 2 is 1.62 bits per heavy atom. The summed E-state index contributed by atoms with van der Waals surface area (Å²) in [7, 11) is 5.23. The minimum absolute atomic E-state index is 0.295. The maximum atomic E-state index is 12.4. The van der Waals surface area contributed by atoms with Crippen molar-refractivity contribution in [1.29, 1.82) is 5.26 Å². The quantitative estimate of drug-likeness (QED) is 0.343. The van der Waals surface area contributed by atoms with E-state index in [0.29, 0.717) is 34.0 Å². The Labute approximate surface area is 226 Å². The summed E-state index contributed by atoms with van der Waals surface area (Å²) in [5.41, 5.74) is 4.62. The number of hydrogen-bond acceptors (Lipinski definition) is 8. The Hall–Kier alpha value is -4.75. The zero-order chi connectivity index (χ0) is 27.5. The van der Waals surface area contributed by atoms with Gasteiger partial charge >= 0.3 is 0 Å². The highest BCUT2D eigenvalue weighted by atomic mass is 16.5. The van der Waals surface area contributed by atoms with E-state index in [1.165, 1.54) is 6.07 Å². The third-order valence-corrected chi connectivity index (χ3v) is 6.86.